The molecule has 0 unspecified atom stereocenters. The van der Waals surface area contributed by atoms with E-state index in [0.29, 0.717) is 16.0 Å². The molecule has 7 heteroatoms. The van der Waals surface area contributed by atoms with Gasteiger partial charge >= 0.3 is 5.97 Å². The number of hydrogen-bond donors (Lipinski definition) is 1. The first-order valence-electron chi connectivity index (χ1n) is 4.45. The second kappa shape index (κ2) is 5.76. The lowest BCUT2D eigenvalue weighted by atomic mass is 10.4. The average molecular weight is 290 g/mol. The summed E-state index contributed by atoms with van der Waals surface area (Å²) in [5.41, 5.74) is 0.585. The summed E-state index contributed by atoms with van der Waals surface area (Å²) >= 11 is 3.33. The minimum atomic E-state index is -0.582. The highest BCUT2D eigenvalue weighted by Gasteiger charge is 2.16. The molecule has 0 bridgehead atoms. The van der Waals surface area contributed by atoms with Crippen LogP contribution in [-0.2, 0) is 16.1 Å². The maximum Gasteiger partial charge on any atom is 0.376 e. The Morgan fingerprint density at radius 1 is 1.44 bits per heavy atom. The van der Waals surface area contributed by atoms with Gasteiger partial charge in [-0.2, -0.15) is 0 Å². The van der Waals surface area contributed by atoms with Crippen LogP contribution in [0.3, 0.4) is 0 Å². The number of nitrogens with zero attached hydrogens (tertiary/aromatic N) is 2. The second-order valence-corrected chi connectivity index (χ2v) is 3.62. The molecule has 0 fully saturated rings. The summed E-state index contributed by atoms with van der Waals surface area (Å²) in [6.07, 6.45) is 0. The van der Waals surface area contributed by atoms with Crippen molar-refractivity contribution >= 4 is 27.7 Å². The van der Waals surface area contributed by atoms with Crippen molar-refractivity contribution in [1.29, 1.82) is 0 Å². The Bertz CT molecular complexity index is 398. The summed E-state index contributed by atoms with van der Waals surface area (Å²) < 4.78 is 10.2. The molecule has 0 saturated heterocycles. The summed E-state index contributed by atoms with van der Waals surface area (Å²) in [6.45, 7) is 0.280. The molecule has 88 valence electrons. The SMILES string of the molecule is CNc1nc(C(=O)OC)nc(COC)c1Br. The lowest BCUT2D eigenvalue weighted by molar-refractivity contribution is 0.0585. The van der Waals surface area contributed by atoms with Gasteiger partial charge in [0.15, 0.2) is 0 Å². The molecule has 1 aromatic rings. The lowest BCUT2D eigenvalue weighted by Crippen LogP contribution is -2.12. The van der Waals surface area contributed by atoms with E-state index in [2.05, 4.69) is 36.0 Å². The average Bonchev–Trinajstić information content (AvgIpc) is 2.31. The molecule has 0 amide bonds. The number of rotatable bonds is 4. The van der Waals surface area contributed by atoms with E-state index in [0.717, 1.165) is 0 Å². The molecule has 16 heavy (non-hydrogen) atoms. The van der Waals surface area contributed by atoms with E-state index < -0.39 is 5.97 Å². The van der Waals surface area contributed by atoms with Gasteiger partial charge in [-0.25, -0.2) is 14.8 Å². The quantitative estimate of drug-likeness (QED) is 0.840. The summed E-state index contributed by atoms with van der Waals surface area (Å²) in [6, 6.07) is 0. The third-order valence-electron chi connectivity index (χ3n) is 1.81. The van der Waals surface area contributed by atoms with Crippen LogP contribution in [0.5, 0.6) is 0 Å². The van der Waals surface area contributed by atoms with Gasteiger partial charge in [0, 0.05) is 14.2 Å². The van der Waals surface area contributed by atoms with Crippen LogP contribution in [0.15, 0.2) is 4.47 Å². The first kappa shape index (κ1) is 12.9. The molecule has 0 aromatic carbocycles. The number of hydrogen-bond acceptors (Lipinski definition) is 6. The van der Waals surface area contributed by atoms with E-state index in [1.807, 2.05) is 0 Å². The Morgan fingerprint density at radius 3 is 2.62 bits per heavy atom. The Balaban J connectivity index is 3.22. The molecular formula is C9H12BrN3O3. The number of halogens is 1. The molecule has 0 aliphatic heterocycles. The van der Waals surface area contributed by atoms with E-state index in [1.165, 1.54) is 7.11 Å². The highest BCUT2D eigenvalue weighted by atomic mass is 79.9. The Kier molecular flexibility index (Phi) is 4.63. The van der Waals surface area contributed by atoms with Gasteiger partial charge < -0.3 is 14.8 Å². The van der Waals surface area contributed by atoms with Crippen LogP contribution >= 0.6 is 15.9 Å². The van der Waals surface area contributed by atoms with Crippen molar-refractivity contribution in [2.45, 2.75) is 6.61 Å². The minimum absolute atomic E-state index is 0.00194. The zero-order chi connectivity index (χ0) is 12.1. The molecule has 0 spiro atoms. The molecule has 1 aromatic heterocycles. The van der Waals surface area contributed by atoms with Crippen LogP contribution < -0.4 is 5.32 Å². The maximum absolute atomic E-state index is 11.3. The van der Waals surface area contributed by atoms with Gasteiger partial charge in [0.25, 0.3) is 0 Å². The predicted octanol–water partition coefficient (Wildman–Crippen LogP) is 1.21. The molecule has 0 saturated carbocycles. The summed E-state index contributed by atoms with van der Waals surface area (Å²) in [5, 5.41) is 2.85. The van der Waals surface area contributed by atoms with Crippen molar-refractivity contribution < 1.29 is 14.3 Å². The molecule has 6 nitrogen and oxygen atoms in total. The fraction of sp³-hybridized carbons (Fsp3) is 0.444. The van der Waals surface area contributed by atoms with Crippen LogP contribution in [0, 0.1) is 0 Å². The van der Waals surface area contributed by atoms with Crippen molar-refractivity contribution in [3.8, 4) is 0 Å². The fourth-order valence-corrected chi connectivity index (χ4v) is 1.56. The summed E-state index contributed by atoms with van der Waals surface area (Å²) in [7, 11) is 4.53. The van der Waals surface area contributed by atoms with Crippen LogP contribution in [-0.4, -0.2) is 37.2 Å². The molecule has 0 aliphatic rings. The smallest absolute Gasteiger partial charge is 0.376 e. The van der Waals surface area contributed by atoms with Gasteiger partial charge in [-0.3, -0.25) is 0 Å². The summed E-state index contributed by atoms with van der Waals surface area (Å²) in [4.78, 5) is 19.4. The number of methoxy groups -OCH3 is 2. The third-order valence-corrected chi connectivity index (χ3v) is 2.64. The van der Waals surface area contributed by atoms with Gasteiger partial charge in [0.1, 0.15) is 5.82 Å². The fourth-order valence-electron chi connectivity index (χ4n) is 1.07. The van der Waals surface area contributed by atoms with Crippen molar-refractivity contribution in [2.75, 3.05) is 26.6 Å². The minimum Gasteiger partial charge on any atom is -0.463 e. The normalized spacial score (nSPS) is 10.0. The highest BCUT2D eigenvalue weighted by Crippen LogP contribution is 2.23. The van der Waals surface area contributed by atoms with Crippen LogP contribution in [0.25, 0.3) is 0 Å². The van der Waals surface area contributed by atoms with Gasteiger partial charge in [-0.1, -0.05) is 0 Å². The Morgan fingerprint density at radius 2 is 2.12 bits per heavy atom. The Labute approximate surface area is 102 Å². The number of ether oxygens (including phenoxy) is 2. The lowest BCUT2D eigenvalue weighted by Gasteiger charge is -2.09. The number of carbonyl (C=O) groups excluding carboxylic acids is 1. The van der Waals surface area contributed by atoms with E-state index in [1.54, 1.807) is 14.2 Å². The molecule has 0 aliphatic carbocycles. The third kappa shape index (κ3) is 2.67. The standard InChI is InChI=1S/C9H12BrN3O3/c1-11-7-6(10)5(4-15-2)12-8(13-7)9(14)16-3/h4H2,1-3H3,(H,11,12,13). The zero-order valence-electron chi connectivity index (χ0n) is 9.20. The monoisotopic (exact) mass is 289 g/mol. The predicted molar refractivity (Wildman–Crippen MR) is 61.3 cm³/mol. The van der Waals surface area contributed by atoms with Gasteiger partial charge in [0.2, 0.25) is 5.82 Å². The zero-order valence-corrected chi connectivity index (χ0v) is 10.8. The first-order chi connectivity index (χ1) is 7.63. The van der Waals surface area contributed by atoms with Gasteiger partial charge in [-0.15, -0.1) is 0 Å². The van der Waals surface area contributed by atoms with E-state index in [4.69, 9.17) is 4.74 Å². The topological polar surface area (TPSA) is 73.3 Å². The van der Waals surface area contributed by atoms with Crippen molar-refractivity contribution in [3.63, 3.8) is 0 Å². The van der Waals surface area contributed by atoms with E-state index >= 15 is 0 Å². The molecule has 1 N–H and O–H groups in total. The van der Waals surface area contributed by atoms with Crippen molar-refractivity contribution in [2.24, 2.45) is 0 Å². The number of esters is 1. The van der Waals surface area contributed by atoms with E-state index in [9.17, 15) is 4.79 Å². The van der Waals surface area contributed by atoms with E-state index in [-0.39, 0.29) is 12.4 Å². The second-order valence-electron chi connectivity index (χ2n) is 2.83. The molecule has 1 heterocycles. The number of nitrogens with one attached hydrogen (secondary N) is 1. The Hall–Kier alpha value is -1.21. The highest BCUT2D eigenvalue weighted by molar-refractivity contribution is 9.10. The first-order valence-corrected chi connectivity index (χ1v) is 5.24. The van der Waals surface area contributed by atoms with Gasteiger partial charge in [-0.05, 0) is 15.9 Å². The molecule has 0 atom stereocenters. The van der Waals surface area contributed by atoms with Crippen LogP contribution in [0.1, 0.15) is 16.3 Å². The molecule has 1 rings (SSSR count). The largest absolute Gasteiger partial charge is 0.463 e. The molecule has 0 radical (unpaired) electrons. The molecular weight excluding hydrogens is 278 g/mol. The maximum atomic E-state index is 11.3. The summed E-state index contributed by atoms with van der Waals surface area (Å²) in [5.74, 6) is -0.0640. The van der Waals surface area contributed by atoms with Gasteiger partial charge in [0.05, 0.1) is 23.9 Å². The van der Waals surface area contributed by atoms with Crippen LogP contribution in [0.4, 0.5) is 5.82 Å². The number of carbonyl (C=O) groups is 1. The number of anilines is 1. The van der Waals surface area contributed by atoms with Crippen LogP contribution in [0.2, 0.25) is 0 Å². The number of aromatic nitrogens is 2. The van der Waals surface area contributed by atoms with Crippen molar-refractivity contribution in [1.82, 2.24) is 9.97 Å². The van der Waals surface area contributed by atoms with Crippen molar-refractivity contribution in [3.05, 3.63) is 16.0 Å².